The maximum Gasteiger partial charge on any atom is 0.251 e. The van der Waals surface area contributed by atoms with E-state index in [1.807, 2.05) is 30.3 Å². The summed E-state index contributed by atoms with van der Waals surface area (Å²) in [6.45, 7) is 0.0897. The SMILES string of the molecule is O=C(C[C@H]1C=C[C@@H](NC(=O)c2cccc(F)c2)[C@H](CO)O1)NCc1ccccc1. The van der Waals surface area contributed by atoms with Crippen LogP contribution < -0.4 is 10.6 Å². The fraction of sp³-hybridized carbons (Fsp3) is 0.273. The van der Waals surface area contributed by atoms with Crippen LogP contribution in [0.25, 0.3) is 0 Å². The first-order valence-corrected chi connectivity index (χ1v) is 9.37. The third kappa shape index (κ3) is 5.97. The summed E-state index contributed by atoms with van der Waals surface area (Å²) in [5, 5.41) is 15.2. The molecule has 0 bridgehead atoms. The van der Waals surface area contributed by atoms with Gasteiger partial charge < -0.3 is 20.5 Å². The number of aliphatic hydroxyl groups excluding tert-OH is 1. The van der Waals surface area contributed by atoms with Gasteiger partial charge in [-0.15, -0.1) is 0 Å². The highest BCUT2D eigenvalue weighted by Crippen LogP contribution is 2.16. The summed E-state index contributed by atoms with van der Waals surface area (Å²) >= 11 is 0. The van der Waals surface area contributed by atoms with Gasteiger partial charge in [0.2, 0.25) is 5.91 Å². The molecular weight excluding hydrogens is 375 g/mol. The number of hydrogen-bond acceptors (Lipinski definition) is 4. The van der Waals surface area contributed by atoms with Crippen molar-refractivity contribution in [2.45, 2.75) is 31.2 Å². The van der Waals surface area contributed by atoms with Gasteiger partial charge in [0.25, 0.3) is 5.91 Å². The molecule has 2 amide bonds. The van der Waals surface area contributed by atoms with Gasteiger partial charge in [0.05, 0.1) is 25.2 Å². The number of carbonyl (C=O) groups is 2. The average Bonchev–Trinajstić information content (AvgIpc) is 2.74. The topological polar surface area (TPSA) is 87.7 Å². The van der Waals surface area contributed by atoms with Crippen LogP contribution in [0, 0.1) is 5.82 Å². The molecule has 152 valence electrons. The Kier molecular flexibility index (Phi) is 7.10. The van der Waals surface area contributed by atoms with E-state index in [9.17, 15) is 19.1 Å². The fourth-order valence-corrected chi connectivity index (χ4v) is 3.05. The van der Waals surface area contributed by atoms with Crippen molar-refractivity contribution in [3.8, 4) is 0 Å². The second-order valence-corrected chi connectivity index (χ2v) is 6.76. The Morgan fingerprint density at radius 1 is 1.07 bits per heavy atom. The van der Waals surface area contributed by atoms with Crippen molar-refractivity contribution in [1.29, 1.82) is 0 Å². The summed E-state index contributed by atoms with van der Waals surface area (Å²) < 4.78 is 19.0. The molecule has 1 heterocycles. The molecule has 0 saturated heterocycles. The number of nitrogens with one attached hydrogen (secondary N) is 2. The van der Waals surface area contributed by atoms with E-state index in [4.69, 9.17) is 4.74 Å². The van der Waals surface area contributed by atoms with Crippen LogP contribution in [0.3, 0.4) is 0 Å². The van der Waals surface area contributed by atoms with Crippen molar-refractivity contribution in [1.82, 2.24) is 10.6 Å². The van der Waals surface area contributed by atoms with Gasteiger partial charge in [-0.25, -0.2) is 4.39 Å². The predicted octanol–water partition coefficient (Wildman–Crippen LogP) is 1.95. The largest absolute Gasteiger partial charge is 0.394 e. The van der Waals surface area contributed by atoms with E-state index >= 15 is 0 Å². The number of rotatable bonds is 7. The number of ether oxygens (including phenoxy) is 1. The maximum atomic E-state index is 13.3. The third-order valence-electron chi connectivity index (χ3n) is 4.57. The van der Waals surface area contributed by atoms with Gasteiger partial charge in [-0.1, -0.05) is 48.6 Å². The second kappa shape index (κ2) is 9.95. The van der Waals surface area contributed by atoms with Crippen molar-refractivity contribution in [3.05, 3.63) is 83.7 Å². The Balaban J connectivity index is 1.53. The van der Waals surface area contributed by atoms with Gasteiger partial charge in [0.1, 0.15) is 11.9 Å². The highest BCUT2D eigenvalue weighted by Gasteiger charge is 2.29. The molecule has 0 unspecified atom stereocenters. The average molecular weight is 398 g/mol. The molecule has 0 spiro atoms. The molecule has 3 rings (SSSR count). The Labute approximate surface area is 168 Å². The van der Waals surface area contributed by atoms with Gasteiger partial charge >= 0.3 is 0 Å². The van der Waals surface area contributed by atoms with Crippen LogP contribution in [0.5, 0.6) is 0 Å². The van der Waals surface area contributed by atoms with Crippen LogP contribution >= 0.6 is 0 Å². The van der Waals surface area contributed by atoms with Crippen LogP contribution in [-0.2, 0) is 16.1 Å². The summed E-state index contributed by atoms with van der Waals surface area (Å²) in [4.78, 5) is 24.5. The van der Waals surface area contributed by atoms with E-state index in [1.165, 1.54) is 18.2 Å². The van der Waals surface area contributed by atoms with E-state index < -0.39 is 30.0 Å². The van der Waals surface area contributed by atoms with E-state index in [2.05, 4.69) is 10.6 Å². The normalized spacial score (nSPS) is 20.8. The monoisotopic (exact) mass is 398 g/mol. The molecule has 0 saturated carbocycles. The first kappa shape index (κ1) is 20.7. The molecular formula is C22H23FN2O4. The number of hydrogen-bond donors (Lipinski definition) is 3. The zero-order valence-electron chi connectivity index (χ0n) is 15.8. The molecule has 0 aliphatic carbocycles. The van der Waals surface area contributed by atoms with Gasteiger partial charge in [0.15, 0.2) is 0 Å². The predicted molar refractivity (Wildman–Crippen MR) is 105 cm³/mol. The zero-order valence-corrected chi connectivity index (χ0v) is 15.8. The minimum atomic E-state index is -0.704. The standard InChI is InChI=1S/C22H23FN2O4/c23-17-8-4-7-16(11-17)22(28)25-19-10-9-18(29-20(19)14-26)12-21(27)24-13-15-5-2-1-3-6-15/h1-11,18-20,26H,12-14H2,(H,24,27)(H,25,28)/t18-,19-,20+/m1/s1. The molecule has 0 radical (unpaired) electrons. The van der Waals surface area contributed by atoms with Crippen LogP contribution in [0.4, 0.5) is 4.39 Å². The zero-order chi connectivity index (χ0) is 20.6. The van der Waals surface area contributed by atoms with E-state index in [0.717, 1.165) is 11.6 Å². The first-order valence-electron chi connectivity index (χ1n) is 9.37. The summed E-state index contributed by atoms with van der Waals surface area (Å²) in [5.41, 5.74) is 1.17. The quantitative estimate of drug-likeness (QED) is 0.622. The van der Waals surface area contributed by atoms with Crippen LogP contribution in [0.15, 0.2) is 66.7 Å². The lowest BCUT2D eigenvalue weighted by atomic mass is 10.0. The smallest absolute Gasteiger partial charge is 0.251 e. The Bertz CT molecular complexity index is 872. The molecule has 1 aliphatic rings. The third-order valence-corrected chi connectivity index (χ3v) is 4.57. The van der Waals surface area contributed by atoms with Crippen molar-refractivity contribution < 1.29 is 23.8 Å². The molecule has 1 aliphatic heterocycles. The molecule has 29 heavy (non-hydrogen) atoms. The van der Waals surface area contributed by atoms with E-state index in [-0.39, 0.29) is 24.5 Å². The molecule has 6 nitrogen and oxygen atoms in total. The molecule has 0 fully saturated rings. The van der Waals surface area contributed by atoms with Crippen molar-refractivity contribution in [3.63, 3.8) is 0 Å². The van der Waals surface area contributed by atoms with Crippen LogP contribution in [0.2, 0.25) is 0 Å². The number of amides is 2. The summed E-state index contributed by atoms with van der Waals surface area (Å²) in [5.74, 6) is -1.16. The Hall–Kier alpha value is -3.03. The van der Waals surface area contributed by atoms with Crippen molar-refractivity contribution >= 4 is 11.8 Å². The fourth-order valence-electron chi connectivity index (χ4n) is 3.05. The lowest BCUT2D eigenvalue weighted by molar-refractivity contribution is -0.125. The van der Waals surface area contributed by atoms with Gasteiger partial charge in [-0.2, -0.15) is 0 Å². The van der Waals surface area contributed by atoms with Gasteiger partial charge in [0, 0.05) is 12.1 Å². The molecule has 0 aromatic heterocycles. The Morgan fingerprint density at radius 3 is 2.59 bits per heavy atom. The maximum absolute atomic E-state index is 13.3. The van der Waals surface area contributed by atoms with Crippen molar-refractivity contribution in [2.75, 3.05) is 6.61 Å². The highest BCUT2D eigenvalue weighted by molar-refractivity contribution is 5.94. The van der Waals surface area contributed by atoms with E-state index in [1.54, 1.807) is 12.2 Å². The Morgan fingerprint density at radius 2 is 1.86 bits per heavy atom. The highest BCUT2D eigenvalue weighted by atomic mass is 19.1. The molecule has 3 N–H and O–H groups in total. The molecule has 2 aromatic carbocycles. The summed E-state index contributed by atoms with van der Waals surface area (Å²) in [6, 6.07) is 14.3. The van der Waals surface area contributed by atoms with Gasteiger partial charge in [-0.05, 0) is 23.8 Å². The number of carbonyl (C=O) groups excluding carboxylic acids is 2. The molecule has 2 aromatic rings. The number of benzene rings is 2. The van der Waals surface area contributed by atoms with Crippen LogP contribution in [0.1, 0.15) is 22.3 Å². The number of halogens is 1. The molecule has 3 atom stereocenters. The van der Waals surface area contributed by atoms with Crippen LogP contribution in [-0.4, -0.2) is 41.8 Å². The van der Waals surface area contributed by atoms with E-state index in [0.29, 0.717) is 6.54 Å². The minimum absolute atomic E-state index is 0.102. The minimum Gasteiger partial charge on any atom is -0.394 e. The summed E-state index contributed by atoms with van der Waals surface area (Å²) in [6.07, 6.45) is 2.26. The lowest BCUT2D eigenvalue weighted by Gasteiger charge is -2.31. The molecule has 7 heteroatoms. The van der Waals surface area contributed by atoms with Gasteiger partial charge in [-0.3, -0.25) is 9.59 Å². The lowest BCUT2D eigenvalue weighted by Crippen LogP contribution is -2.49. The second-order valence-electron chi connectivity index (χ2n) is 6.76. The summed E-state index contributed by atoms with van der Waals surface area (Å²) in [7, 11) is 0. The van der Waals surface area contributed by atoms with Crippen molar-refractivity contribution in [2.24, 2.45) is 0 Å². The first-order chi connectivity index (χ1) is 14.0. The number of aliphatic hydroxyl groups is 1.